The van der Waals surface area contributed by atoms with Gasteiger partial charge >= 0.3 is 18.2 Å². The first-order valence-electron chi connectivity index (χ1n) is 13.1. The number of nitrogens with two attached hydrogens (primary N) is 1. The van der Waals surface area contributed by atoms with E-state index in [9.17, 15) is 27.5 Å². The van der Waals surface area contributed by atoms with E-state index >= 15 is 0 Å². The summed E-state index contributed by atoms with van der Waals surface area (Å²) in [5.74, 6) is 0.0142. The molecule has 2 heterocycles. The molecule has 1 atom stereocenters. The van der Waals surface area contributed by atoms with Crippen LogP contribution in [0.3, 0.4) is 0 Å². The molecule has 224 valence electrons. The van der Waals surface area contributed by atoms with E-state index in [4.69, 9.17) is 10.5 Å². The van der Waals surface area contributed by atoms with Crippen LogP contribution in [-0.4, -0.2) is 26.1 Å². The van der Waals surface area contributed by atoms with Crippen LogP contribution in [0.1, 0.15) is 24.2 Å². The second kappa shape index (κ2) is 12.4. The molecule has 0 radical (unpaired) electrons. The Kier molecular flexibility index (Phi) is 8.40. The van der Waals surface area contributed by atoms with Crippen molar-refractivity contribution in [3.63, 3.8) is 0 Å². The fourth-order valence-electron chi connectivity index (χ4n) is 4.25. The Balaban J connectivity index is 1.28. The molecule has 0 bridgehead atoms. The van der Waals surface area contributed by atoms with Crippen LogP contribution in [-0.2, 0) is 6.18 Å². The second-order valence-corrected chi connectivity index (χ2v) is 9.61. The van der Waals surface area contributed by atoms with Crippen molar-refractivity contribution in [3.05, 3.63) is 108 Å². The van der Waals surface area contributed by atoms with Crippen LogP contribution >= 0.6 is 0 Å². The van der Waals surface area contributed by atoms with E-state index in [2.05, 4.69) is 25.6 Å². The number of urea groups is 1. The molecular formula is C31H24F4N6O3. The number of hydrogen-bond acceptors (Lipinski definition) is 7. The number of anilines is 3. The minimum Gasteiger partial charge on any atom is -0.424 e. The van der Waals surface area contributed by atoms with Crippen molar-refractivity contribution in [1.29, 1.82) is 0 Å². The number of pyridine rings is 1. The molecule has 13 heteroatoms. The van der Waals surface area contributed by atoms with E-state index < -0.39 is 29.7 Å². The molecule has 0 fully saturated rings. The van der Waals surface area contributed by atoms with Crippen molar-refractivity contribution in [2.24, 2.45) is 0 Å². The number of aliphatic hydroxyl groups excluding tert-OH is 1. The molecule has 0 saturated heterocycles. The number of amides is 2. The van der Waals surface area contributed by atoms with Crippen LogP contribution in [0.4, 0.5) is 39.5 Å². The van der Waals surface area contributed by atoms with Crippen LogP contribution < -0.4 is 21.1 Å². The maximum absolute atomic E-state index is 13.6. The minimum absolute atomic E-state index is 0.0474. The van der Waals surface area contributed by atoms with Gasteiger partial charge in [-0.05, 0) is 60.0 Å². The molecule has 0 aliphatic heterocycles. The van der Waals surface area contributed by atoms with E-state index in [1.807, 2.05) is 0 Å². The SMILES string of the molecule is CC(O)c1cccc(-c2ccc(C(F)(F)F)cc2NC(=O)Nc2cnc(Oc3ccc(-c4cc(F)cnc4N)cc3)nc2)c1. The van der Waals surface area contributed by atoms with Crippen molar-refractivity contribution in [3.8, 4) is 34.0 Å². The van der Waals surface area contributed by atoms with E-state index in [1.165, 1.54) is 24.5 Å². The van der Waals surface area contributed by atoms with Gasteiger partial charge in [-0.2, -0.15) is 13.2 Å². The molecule has 9 nitrogen and oxygen atoms in total. The van der Waals surface area contributed by atoms with Gasteiger partial charge in [-0.1, -0.05) is 36.4 Å². The number of nitrogens with one attached hydrogen (secondary N) is 2. The summed E-state index contributed by atoms with van der Waals surface area (Å²) in [6.45, 7) is 1.57. The predicted octanol–water partition coefficient (Wildman–Crippen LogP) is 7.44. The molecular weight excluding hydrogens is 580 g/mol. The van der Waals surface area contributed by atoms with Gasteiger partial charge in [0.1, 0.15) is 17.4 Å². The van der Waals surface area contributed by atoms with Crippen LogP contribution in [0.2, 0.25) is 0 Å². The molecule has 0 aliphatic carbocycles. The number of carbonyl (C=O) groups is 1. The quantitative estimate of drug-likeness (QED) is 0.142. The molecule has 3 aromatic carbocycles. The van der Waals surface area contributed by atoms with Gasteiger partial charge in [0.15, 0.2) is 0 Å². The zero-order chi connectivity index (χ0) is 31.4. The molecule has 5 rings (SSSR count). The van der Waals surface area contributed by atoms with Gasteiger partial charge in [0.25, 0.3) is 0 Å². The molecule has 0 aliphatic rings. The Morgan fingerprint density at radius 1 is 0.886 bits per heavy atom. The summed E-state index contributed by atoms with van der Waals surface area (Å²) >= 11 is 0. The maximum Gasteiger partial charge on any atom is 0.416 e. The Hall–Kier alpha value is -5.56. The zero-order valence-corrected chi connectivity index (χ0v) is 22.9. The molecule has 44 heavy (non-hydrogen) atoms. The van der Waals surface area contributed by atoms with Crippen LogP contribution in [0.15, 0.2) is 91.4 Å². The first-order valence-corrected chi connectivity index (χ1v) is 13.1. The average molecular weight is 605 g/mol. The molecule has 1 unspecified atom stereocenters. The van der Waals surface area contributed by atoms with E-state index in [1.54, 1.807) is 55.5 Å². The van der Waals surface area contributed by atoms with E-state index in [0.29, 0.717) is 33.6 Å². The number of ether oxygens (including phenoxy) is 1. The summed E-state index contributed by atoms with van der Waals surface area (Å²) in [4.78, 5) is 24.7. The van der Waals surface area contributed by atoms with Gasteiger partial charge in [-0.25, -0.2) is 24.1 Å². The third kappa shape index (κ3) is 7.07. The Labute approximate surface area is 248 Å². The molecule has 0 spiro atoms. The monoisotopic (exact) mass is 604 g/mol. The number of halogens is 4. The lowest BCUT2D eigenvalue weighted by atomic mass is 9.98. The third-order valence-corrected chi connectivity index (χ3v) is 6.42. The summed E-state index contributed by atoms with van der Waals surface area (Å²) in [7, 11) is 0. The second-order valence-electron chi connectivity index (χ2n) is 9.61. The van der Waals surface area contributed by atoms with Crippen molar-refractivity contribution < 1.29 is 32.2 Å². The lowest BCUT2D eigenvalue weighted by molar-refractivity contribution is -0.137. The summed E-state index contributed by atoms with van der Waals surface area (Å²) in [5.41, 5.74) is 7.35. The minimum atomic E-state index is -4.64. The van der Waals surface area contributed by atoms with Crippen molar-refractivity contribution >= 4 is 23.2 Å². The van der Waals surface area contributed by atoms with Crippen molar-refractivity contribution in [2.45, 2.75) is 19.2 Å². The number of alkyl halides is 3. The van der Waals surface area contributed by atoms with Gasteiger partial charge in [0, 0.05) is 11.1 Å². The molecule has 0 saturated carbocycles. The summed E-state index contributed by atoms with van der Waals surface area (Å²) in [6, 6.07) is 16.5. The van der Waals surface area contributed by atoms with Crippen molar-refractivity contribution in [1.82, 2.24) is 15.0 Å². The Morgan fingerprint density at radius 3 is 2.30 bits per heavy atom. The highest BCUT2D eigenvalue weighted by atomic mass is 19.4. The van der Waals surface area contributed by atoms with E-state index in [0.717, 1.165) is 18.3 Å². The van der Waals surface area contributed by atoms with Gasteiger partial charge in [-0.15, -0.1) is 0 Å². The van der Waals surface area contributed by atoms with E-state index in [-0.39, 0.29) is 23.2 Å². The smallest absolute Gasteiger partial charge is 0.416 e. The summed E-state index contributed by atoms with van der Waals surface area (Å²) in [6.07, 6.45) is -1.89. The third-order valence-electron chi connectivity index (χ3n) is 6.42. The fraction of sp³-hybridized carbons (Fsp3) is 0.0968. The van der Waals surface area contributed by atoms with Gasteiger partial charge in [-0.3, -0.25) is 0 Å². The lowest BCUT2D eigenvalue weighted by Gasteiger charge is -2.16. The normalized spacial score (nSPS) is 12.0. The van der Waals surface area contributed by atoms with Gasteiger partial charge in [0.2, 0.25) is 0 Å². The predicted molar refractivity (Wildman–Crippen MR) is 156 cm³/mol. The fourth-order valence-corrected chi connectivity index (χ4v) is 4.25. The first kappa shape index (κ1) is 29.9. The number of aromatic nitrogens is 3. The van der Waals surface area contributed by atoms with Crippen LogP contribution in [0.25, 0.3) is 22.3 Å². The highest BCUT2D eigenvalue weighted by Crippen LogP contribution is 2.37. The zero-order valence-electron chi connectivity index (χ0n) is 22.9. The number of nitrogen functional groups attached to an aromatic ring is 1. The molecule has 5 aromatic rings. The molecule has 2 amide bonds. The first-order chi connectivity index (χ1) is 21.0. The summed E-state index contributed by atoms with van der Waals surface area (Å²) in [5, 5.41) is 14.9. The van der Waals surface area contributed by atoms with Crippen LogP contribution in [0.5, 0.6) is 11.8 Å². The topological polar surface area (TPSA) is 135 Å². The summed E-state index contributed by atoms with van der Waals surface area (Å²) < 4.78 is 59.6. The number of rotatable bonds is 7. The Bertz CT molecular complexity index is 1800. The average Bonchev–Trinajstić information content (AvgIpc) is 2.99. The highest BCUT2D eigenvalue weighted by molar-refractivity contribution is 6.02. The Morgan fingerprint density at radius 2 is 1.61 bits per heavy atom. The highest BCUT2D eigenvalue weighted by Gasteiger charge is 2.31. The number of carbonyl (C=O) groups excluding carboxylic acids is 1. The van der Waals surface area contributed by atoms with Crippen molar-refractivity contribution in [2.75, 3.05) is 16.4 Å². The number of benzene rings is 3. The maximum atomic E-state index is 13.6. The molecule has 5 N–H and O–H groups in total. The van der Waals surface area contributed by atoms with Gasteiger partial charge in [0.05, 0.1) is 41.6 Å². The number of nitrogens with zero attached hydrogens (tertiary/aromatic N) is 3. The van der Waals surface area contributed by atoms with Gasteiger partial charge < -0.3 is 26.2 Å². The largest absolute Gasteiger partial charge is 0.424 e. The number of hydrogen-bond donors (Lipinski definition) is 4. The van der Waals surface area contributed by atoms with Crippen LogP contribution in [0, 0.1) is 5.82 Å². The molecule has 2 aromatic heterocycles. The lowest BCUT2D eigenvalue weighted by Crippen LogP contribution is -2.20. The number of aliphatic hydroxyl groups is 1. The standard InChI is InChI=1S/C31H24F4N6O3/c1-17(42)19-3-2-4-20(11-19)25-10-7-21(31(33,34)35)12-27(25)41-29(43)40-23-15-38-30(39-16-23)44-24-8-5-18(6-9-24)26-13-22(32)14-37-28(26)36/h2-17,42H,1H3,(H2,36,37)(H2,40,41,43).